The molecule has 0 aliphatic carbocycles. The first kappa shape index (κ1) is 18.4. The van der Waals surface area contributed by atoms with E-state index in [-0.39, 0.29) is 23.2 Å². The number of anilines is 1. The van der Waals surface area contributed by atoms with Crippen molar-refractivity contribution < 1.29 is 38.6 Å². The van der Waals surface area contributed by atoms with Gasteiger partial charge in [0.2, 0.25) is 5.91 Å². The summed E-state index contributed by atoms with van der Waals surface area (Å²) in [6, 6.07) is 0. The molecule has 13 heteroatoms. The Morgan fingerprint density at radius 3 is 2.29 bits per heavy atom. The smallest absolute Gasteiger partial charge is 0.368 e. The van der Waals surface area contributed by atoms with Gasteiger partial charge in [-0.05, 0) is 6.42 Å². The van der Waals surface area contributed by atoms with Gasteiger partial charge < -0.3 is 30.0 Å². The van der Waals surface area contributed by atoms with Crippen LogP contribution in [0.15, 0.2) is 5.38 Å². The van der Waals surface area contributed by atoms with E-state index in [4.69, 9.17) is 19.6 Å². The second-order valence-corrected chi connectivity index (χ2v) is 9.05. The Morgan fingerprint density at radius 2 is 1.86 bits per heavy atom. The summed E-state index contributed by atoms with van der Waals surface area (Å²) in [5.74, 6) is -0.363. The van der Waals surface area contributed by atoms with Crippen molar-refractivity contribution in [1.29, 1.82) is 0 Å². The van der Waals surface area contributed by atoms with Crippen LogP contribution < -0.4 is 5.32 Å². The average molecular weight is 360 g/mol. The van der Waals surface area contributed by atoms with Crippen molar-refractivity contribution in [3.63, 3.8) is 0 Å². The topological polar surface area (TPSA) is 177 Å². The van der Waals surface area contributed by atoms with Gasteiger partial charge in [0.05, 0.1) is 5.69 Å². The number of hydrogen-bond acceptors (Lipinski definition) is 6. The number of nitrogens with zero attached hydrogens (tertiary/aromatic N) is 1. The summed E-state index contributed by atoms with van der Waals surface area (Å²) in [6.45, 7) is 1.27. The Balaban J connectivity index is 2.89. The molecule has 6 N–H and O–H groups in total. The molecule has 10 nitrogen and oxygen atoms in total. The number of carbonyl (C=O) groups is 1. The highest BCUT2D eigenvalue weighted by Crippen LogP contribution is 2.69. The van der Waals surface area contributed by atoms with Gasteiger partial charge >= 0.3 is 15.2 Å². The molecule has 1 heterocycles. The van der Waals surface area contributed by atoms with Crippen LogP contribution in [0.25, 0.3) is 0 Å². The summed E-state index contributed by atoms with van der Waals surface area (Å²) < 4.78 is 22.3. The predicted molar refractivity (Wildman–Crippen MR) is 73.8 cm³/mol. The Kier molecular flexibility index (Phi) is 5.46. The predicted octanol–water partition coefficient (Wildman–Crippen LogP) is 0.0356. The maximum atomic E-state index is 11.1. The highest BCUT2D eigenvalue weighted by atomic mass is 32.1. The maximum absolute atomic E-state index is 11.1. The van der Waals surface area contributed by atoms with Crippen LogP contribution in [0.1, 0.15) is 19.0 Å². The highest BCUT2D eigenvalue weighted by Gasteiger charge is 2.58. The van der Waals surface area contributed by atoms with Gasteiger partial charge in [-0.25, -0.2) is 4.98 Å². The zero-order valence-corrected chi connectivity index (χ0v) is 13.3. The van der Waals surface area contributed by atoms with Crippen LogP contribution in [0.2, 0.25) is 0 Å². The van der Waals surface area contributed by atoms with Gasteiger partial charge in [-0.2, -0.15) is 0 Å². The molecule has 0 spiro atoms. The molecular weight excluding hydrogens is 346 g/mol. The number of carbonyl (C=O) groups excluding carboxylic acids is 1. The number of aryl methyl sites for hydroxylation is 1. The monoisotopic (exact) mass is 360 g/mol. The van der Waals surface area contributed by atoms with Crippen LogP contribution in [-0.4, -0.2) is 40.7 Å². The standard InChI is InChI=1S/C8H14N2O8P2S/c1-5(11)9-7-10-6(4-21-7)2-3-8(12,19(13,14)15)20(16,17)18/h4,12H,2-3H2,1H3,(H,9,10,11)(H2,13,14,15)(H2,16,17,18). The molecule has 1 aromatic rings. The molecule has 0 saturated carbocycles. The van der Waals surface area contributed by atoms with E-state index in [9.17, 15) is 19.0 Å². The Hall–Kier alpha value is -0.640. The number of hydrogen-bond donors (Lipinski definition) is 6. The second-order valence-electron chi connectivity index (χ2n) is 4.19. The molecule has 1 rings (SSSR count). The van der Waals surface area contributed by atoms with Gasteiger partial charge in [-0.15, -0.1) is 11.3 Å². The molecule has 0 radical (unpaired) electrons. The summed E-state index contributed by atoms with van der Waals surface area (Å²) in [6.07, 6.45) is -1.17. The maximum Gasteiger partial charge on any atom is 0.369 e. The van der Waals surface area contributed by atoms with E-state index in [0.717, 1.165) is 11.3 Å². The molecule has 0 unspecified atom stereocenters. The van der Waals surface area contributed by atoms with Gasteiger partial charge in [-0.3, -0.25) is 13.9 Å². The summed E-state index contributed by atoms with van der Waals surface area (Å²) in [5.41, 5.74) is 0.226. The number of rotatable bonds is 6. The fourth-order valence-corrected chi connectivity index (χ4v) is 4.34. The molecule has 0 aliphatic heterocycles. The van der Waals surface area contributed by atoms with E-state index in [0.29, 0.717) is 0 Å². The second kappa shape index (κ2) is 6.23. The highest BCUT2D eigenvalue weighted by molar-refractivity contribution is 7.72. The summed E-state index contributed by atoms with van der Waals surface area (Å²) >= 11 is 1.03. The van der Waals surface area contributed by atoms with E-state index in [2.05, 4.69) is 10.3 Å². The molecule has 1 amide bonds. The quantitative estimate of drug-likeness (QED) is 0.382. The zero-order valence-electron chi connectivity index (χ0n) is 10.7. The number of nitrogens with one attached hydrogen (secondary N) is 1. The van der Waals surface area contributed by atoms with Crippen molar-refractivity contribution in [1.82, 2.24) is 4.98 Å². The fraction of sp³-hybridized carbons (Fsp3) is 0.500. The molecule has 0 aromatic carbocycles. The van der Waals surface area contributed by atoms with Crippen molar-refractivity contribution >= 4 is 37.6 Å². The Labute approximate surface area is 123 Å². The molecule has 1 aromatic heterocycles. The number of aromatic nitrogens is 1. The lowest BCUT2D eigenvalue weighted by molar-refractivity contribution is -0.114. The van der Waals surface area contributed by atoms with Gasteiger partial charge in [0.15, 0.2) is 5.13 Å². The third-order valence-corrected chi connectivity index (χ3v) is 7.17. The lowest BCUT2D eigenvalue weighted by Crippen LogP contribution is -2.29. The minimum atomic E-state index is -5.46. The van der Waals surface area contributed by atoms with Gasteiger partial charge in [-0.1, -0.05) is 0 Å². The first-order valence-corrected chi connectivity index (χ1v) is 9.53. The van der Waals surface area contributed by atoms with Crippen LogP contribution in [0.5, 0.6) is 0 Å². The molecule has 0 aliphatic rings. The first-order chi connectivity index (χ1) is 9.37. The molecule has 21 heavy (non-hydrogen) atoms. The molecule has 0 atom stereocenters. The van der Waals surface area contributed by atoms with Crippen molar-refractivity contribution in [2.45, 2.75) is 24.8 Å². The van der Waals surface area contributed by atoms with Crippen molar-refractivity contribution in [3.05, 3.63) is 11.1 Å². The van der Waals surface area contributed by atoms with E-state index >= 15 is 0 Å². The van der Waals surface area contributed by atoms with Gasteiger partial charge in [0.25, 0.3) is 5.08 Å². The number of aliphatic hydroxyl groups is 1. The molecular formula is C8H14N2O8P2S. The largest absolute Gasteiger partial charge is 0.369 e. The lowest BCUT2D eigenvalue weighted by atomic mass is 10.2. The van der Waals surface area contributed by atoms with Crippen LogP contribution in [0.3, 0.4) is 0 Å². The van der Waals surface area contributed by atoms with E-state index in [1.807, 2.05) is 0 Å². The SMILES string of the molecule is CC(=O)Nc1nc(CCC(O)(P(=O)(O)O)P(=O)(O)O)cs1. The van der Waals surface area contributed by atoms with E-state index < -0.39 is 26.7 Å². The van der Waals surface area contributed by atoms with Crippen LogP contribution >= 0.6 is 26.5 Å². The molecule has 0 bridgehead atoms. The normalized spacial score (nSPS) is 13.2. The van der Waals surface area contributed by atoms with Crippen LogP contribution in [-0.2, 0) is 20.3 Å². The van der Waals surface area contributed by atoms with Gasteiger partial charge in [0.1, 0.15) is 0 Å². The van der Waals surface area contributed by atoms with Gasteiger partial charge in [0, 0.05) is 18.7 Å². The molecule has 120 valence electrons. The Morgan fingerprint density at radius 1 is 1.33 bits per heavy atom. The zero-order chi connectivity index (χ0) is 16.5. The van der Waals surface area contributed by atoms with E-state index in [1.165, 1.54) is 12.3 Å². The van der Waals surface area contributed by atoms with Crippen LogP contribution in [0, 0.1) is 0 Å². The lowest BCUT2D eigenvalue weighted by Gasteiger charge is -2.28. The van der Waals surface area contributed by atoms with Crippen LogP contribution in [0.4, 0.5) is 5.13 Å². The molecule has 0 fully saturated rings. The van der Waals surface area contributed by atoms with E-state index in [1.54, 1.807) is 0 Å². The minimum Gasteiger partial charge on any atom is -0.368 e. The fourth-order valence-electron chi connectivity index (χ4n) is 1.39. The Bertz CT molecular complexity index is 598. The third kappa shape index (κ3) is 4.41. The number of amides is 1. The van der Waals surface area contributed by atoms with Crippen molar-refractivity contribution in [2.24, 2.45) is 0 Å². The summed E-state index contributed by atoms with van der Waals surface area (Å²) in [7, 11) is -10.9. The minimum absolute atomic E-state index is 0.226. The number of thiazole rings is 1. The summed E-state index contributed by atoms with van der Waals surface area (Å²) in [4.78, 5) is 50.6. The first-order valence-electron chi connectivity index (χ1n) is 5.42. The van der Waals surface area contributed by atoms with Crippen molar-refractivity contribution in [3.8, 4) is 0 Å². The molecule has 0 saturated heterocycles. The average Bonchev–Trinajstić information content (AvgIpc) is 2.69. The van der Waals surface area contributed by atoms with Crippen molar-refractivity contribution in [2.75, 3.05) is 5.32 Å². The summed E-state index contributed by atoms with van der Waals surface area (Å²) in [5, 5.41) is 10.3. The third-order valence-electron chi connectivity index (χ3n) is 2.48.